The summed E-state index contributed by atoms with van der Waals surface area (Å²) in [6.45, 7) is 1.64. The van der Waals surface area contributed by atoms with E-state index in [4.69, 9.17) is 0 Å². The highest BCUT2D eigenvalue weighted by Gasteiger charge is 2.32. The molecule has 0 aliphatic carbocycles. The Hall–Kier alpha value is -2.21. The predicted octanol–water partition coefficient (Wildman–Crippen LogP) is 2.92. The maximum Gasteiger partial charge on any atom is 0.264 e. The molecule has 0 saturated carbocycles. The molecule has 6 heteroatoms. The summed E-state index contributed by atoms with van der Waals surface area (Å²) in [6, 6.07) is 10.2. The van der Waals surface area contributed by atoms with Crippen LogP contribution in [0.4, 0.5) is 10.1 Å². The molecule has 0 atom stereocenters. The van der Waals surface area contributed by atoms with Gasteiger partial charge in [-0.25, -0.2) is 12.8 Å². The van der Waals surface area contributed by atoms with Crippen molar-refractivity contribution in [3.05, 3.63) is 59.4 Å². The SMILES string of the molecule is Cc1cc(F)ccc1S(=O)(=O)N1CCC(=O)c2ccccc21. The number of rotatable bonds is 2. The van der Waals surface area contributed by atoms with Crippen molar-refractivity contribution in [2.24, 2.45) is 0 Å². The van der Waals surface area contributed by atoms with E-state index in [9.17, 15) is 17.6 Å². The number of carbonyl (C=O) groups excluding carboxylic acids is 1. The van der Waals surface area contributed by atoms with Crippen LogP contribution in [0, 0.1) is 12.7 Å². The van der Waals surface area contributed by atoms with Gasteiger partial charge in [0.1, 0.15) is 5.82 Å². The minimum Gasteiger partial charge on any atom is -0.294 e. The van der Waals surface area contributed by atoms with Crippen LogP contribution < -0.4 is 4.31 Å². The van der Waals surface area contributed by atoms with Crippen LogP contribution in [0.15, 0.2) is 47.4 Å². The molecular weight excluding hydrogens is 305 g/mol. The van der Waals surface area contributed by atoms with E-state index < -0.39 is 15.8 Å². The zero-order valence-electron chi connectivity index (χ0n) is 11.9. The first-order valence-electron chi connectivity index (χ1n) is 6.82. The van der Waals surface area contributed by atoms with Crippen LogP contribution in [-0.4, -0.2) is 20.7 Å². The third-order valence-corrected chi connectivity index (χ3v) is 5.69. The van der Waals surface area contributed by atoms with Gasteiger partial charge in [-0.1, -0.05) is 12.1 Å². The van der Waals surface area contributed by atoms with Crippen LogP contribution in [0.25, 0.3) is 0 Å². The molecule has 2 aromatic carbocycles. The molecule has 0 spiro atoms. The molecule has 0 bridgehead atoms. The second-order valence-corrected chi connectivity index (χ2v) is 7.01. The van der Waals surface area contributed by atoms with E-state index in [1.165, 1.54) is 16.4 Å². The fourth-order valence-electron chi connectivity index (χ4n) is 2.66. The van der Waals surface area contributed by atoms with E-state index in [2.05, 4.69) is 0 Å². The molecule has 114 valence electrons. The number of hydrogen-bond donors (Lipinski definition) is 0. The molecule has 0 unspecified atom stereocenters. The second kappa shape index (κ2) is 5.21. The zero-order valence-corrected chi connectivity index (χ0v) is 12.7. The van der Waals surface area contributed by atoms with Crippen LogP contribution in [0.5, 0.6) is 0 Å². The Bertz CT molecular complexity index is 861. The maximum absolute atomic E-state index is 13.2. The van der Waals surface area contributed by atoms with E-state index in [-0.39, 0.29) is 23.6 Å². The number of halogens is 1. The Balaban J connectivity index is 2.15. The van der Waals surface area contributed by atoms with Crippen molar-refractivity contribution in [2.75, 3.05) is 10.8 Å². The van der Waals surface area contributed by atoms with Gasteiger partial charge in [-0.05, 0) is 42.8 Å². The van der Waals surface area contributed by atoms with E-state index >= 15 is 0 Å². The van der Waals surface area contributed by atoms with Crippen molar-refractivity contribution in [1.82, 2.24) is 0 Å². The Morgan fingerprint density at radius 3 is 2.59 bits per heavy atom. The number of benzene rings is 2. The quantitative estimate of drug-likeness (QED) is 0.855. The summed E-state index contributed by atoms with van der Waals surface area (Å²) in [4.78, 5) is 12.0. The molecule has 1 heterocycles. The standard InChI is InChI=1S/C16H14FNO3S/c1-11-10-12(17)6-7-16(11)22(20,21)18-9-8-15(19)13-4-2-3-5-14(13)18/h2-7,10H,8-9H2,1H3. The summed E-state index contributed by atoms with van der Waals surface area (Å²) in [6.07, 6.45) is 0.135. The topological polar surface area (TPSA) is 54.5 Å². The monoisotopic (exact) mass is 319 g/mol. The van der Waals surface area contributed by atoms with Gasteiger partial charge < -0.3 is 0 Å². The number of aryl methyl sites for hydroxylation is 1. The molecule has 0 fully saturated rings. The number of ketones is 1. The number of hydrogen-bond acceptors (Lipinski definition) is 3. The van der Waals surface area contributed by atoms with Gasteiger partial charge in [0.05, 0.1) is 10.6 Å². The number of carbonyl (C=O) groups is 1. The van der Waals surface area contributed by atoms with Crippen molar-refractivity contribution in [3.63, 3.8) is 0 Å². The first-order valence-corrected chi connectivity index (χ1v) is 8.26. The lowest BCUT2D eigenvalue weighted by Crippen LogP contribution is -2.37. The van der Waals surface area contributed by atoms with Gasteiger partial charge in [0.25, 0.3) is 10.0 Å². The first kappa shape index (κ1) is 14.7. The predicted molar refractivity (Wildman–Crippen MR) is 81.1 cm³/mol. The number of para-hydroxylation sites is 1. The van der Waals surface area contributed by atoms with E-state index in [1.807, 2.05) is 0 Å². The molecule has 3 rings (SSSR count). The Morgan fingerprint density at radius 1 is 1.14 bits per heavy atom. The number of fused-ring (bicyclic) bond motifs is 1. The highest BCUT2D eigenvalue weighted by molar-refractivity contribution is 7.92. The Labute approximate surface area is 128 Å². The molecule has 1 aliphatic rings. The van der Waals surface area contributed by atoms with Crippen LogP contribution in [0.1, 0.15) is 22.3 Å². The lowest BCUT2D eigenvalue weighted by molar-refractivity contribution is 0.0982. The van der Waals surface area contributed by atoms with Gasteiger partial charge in [-0.15, -0.1) is 0 Å². The summed E-state index contributed by atoms with van der Waals surface area (Å²) in [7, 11) is -3.83. The Kier molecular flexibility index (Phi) is 3.48. The molecular formula is C16H14FNO3S. The number of anilines is 1. The van der Waals surface area contributed by atoms with Gasteiger partial charge in [-0.2, -0.15) is 0 Å². The molecule has 0 amide bonds. The third-order valence-electron chi connectivity index (χ3n) is 3.72. The first-order chi connectivity index (χ1) is 10.4. The van der Waals surface area contributed by atoms with Crippen LogP contribution in [-0.2, 0) is 10.0 Å². The van der Waals surface area contributed by atoms with Gasteiger partial charge >= 0.3 is 0 Å². The minimum atomic E-state index is -3.83. The summed E-state index contributed by atoms with van der Waals surface area (Å²) < 4.78 is 40.2. The lowest BCUT2D eigenvalue weighted by atomic mass is 10.0. The van der Waals surface area contributed by atoms with Crippen molar-refractivity contribution < 1.29 is 17.6 Å². The van der Waals surface area contributed by atoms with Crippen LogP contribution in [0.3, 0.4) is 0 Å². The maximum atomic E-state index is 13.2. The van der Waals surface area contributed by atoms with E-state index in [0.29, 0.717) is 16.8 Å². The van der Waals surface area contributed by atoms with E-state index in [1.54, 1.807) is 31.2 Å². The van der Waals surface area contributed by atoms with Gasteiger partial charge in [0, 0.05) is 18.5 Å². The highest BCUT2D eigenvalue weighted by Crippen LogP contribution is 2.32. The third kappa shape index (κ3) is 2.29. The number of Topliss-reactive ketones (excluding diaryl/α,β-unsaturated/α-hetero) is 1. The fourth-order valence-corrected chi connectivity index (χ4v) is 4.35. The number of nitrogens with zero attached hydrogens (tertiary/aromatic N) is 1. The molecule has 0 radical (unpaired) electrons. The fraction of sp³-hybridized carbons (Fsp3) is 0.188. The summed E-state index contributed by atoms with van der Waals surface area (Å²) >= 11 is 0. The average molecular weight is 319 g/mol. The molecule has 4 nitrogen and oxygen atoms in total. The van der Waals surface area contributed by atoms with Crippen molar-refractivity contribution in [2.45, 2.75) is 18.2 Å². The molecule has 0 N–H and O–H groups in total. The zero-order chi connectivity index (χ0) is 15.9. The Morgan fingerprint density at radius 2 is 1.86 bits per heavy atom. The lowest BCUT2D eigenvalue weighted by Gasteiger charge is -2.30. The summed E-state index contributed by atoms with van der Waals surface area (Å²) in [5.41, 5.74) is 1.12. The normalized spacial score (nSPS) is 14.8. The molecule has 2 aromatic rings. The largest absolute Gasteiger partial charge is 0.294 e. The van der Waals surface area contributed by atoms with Gasteiger partial charge in [-0.3, -0.25) is 9.10 Å². The van der Waals surface area contributed by atoms with Crippen LogP contribution in [0.2, 0.25) is 0 Å². The minimum absolute atomic E-state index is 0.0538. The van der Waals surface area contributed by atoms with Gasteiger partial charge in [0.2, 0.25) is 0 Å². The molecule has 0 aromatic heterocycles. The second-order valence-electron chi connectivity index (χ2n) is 5.18. The smallest absolute Gasteiger partial charge is 0.264 e. The van der Waals surface area contributed by atoms with Crippen molar-refractivity contribution in [1.29, 1.82) is 0 Å². The molecule has 0 saturated heterocycles. The van der Waals surface area contributed by atoms with Crippen molar-refractivity contribution in [3.8, 4) is 0 Å². The number of sulfonamides is 1. The van der Waals surface area contributed by atoms with E-state index in [0.717, 1.165) is 6.07 Å². The molecule has 22 heavy (non-hydrogen) atoms. The summed E-state index contributed by atoms with van der Waals surface area (Å²) in [5, 5.41) is 0. The van der Waals surface area contributed by atoms with Crippen LogP contribution >= 0.6 is 0 Å². The highest BCUT2D eigenvalue weighted by atomic mass is 32.2. The van der Waals surface area contributed by atoms with Crippen molar-refractivity contribution >= 4 is 21.5 Å². The summed E-state index contributed by atoms with van der Waals surface area (Å²) in [5.74, 6) is -0.552. The average Bonchev–Trinajstić information content (AvgIpc) is 2.47. The molecule has 1 aliphatic heterocycles. The van der Waals surface area contributed by atoms with Gasteiger partial charge in [0.15, 0.2) is 5.78 Å².